The summed E-state index contributed by atoms with van der Waals surface area (Å²) in [5.41, 5.74) is 0.971. The molecular weight excluding hydrogens is 252 g/mol. The van der Waals surface area contributed by atoms with Gasteiger partial charge >= 0.3 is 0 Å². The van der Waals surface area contributed by atoms with Crippen molar-refractivity contribution in [2.45, 2.75) is 18.9 Å². The summed E-state index contributed by atoms with van der Waals surface area (Å²) in [6, 6.07) is 6.73. The quantitative estimate of drug-likeness (QED) is 0.812. The Hall–Kier alpha value is -2.54. The number of aromatic nitrogens is 1. The molecular formula is C16H14N2O2. The van der Waals surface area contributed by atoms with E-state index in [9.17, 15) is 9.59 Å². The van der Waals surface area contributed by atoms with Crippen molar-refractivity contribution in [3.8, 4) is 12.3 Å². The van der Waals surface area contributed by atoms with Gasteiger partial charge in [-0.1, -0.05) is 6.07 Å². The Kier molecular flexibility index (Phi) is 3.03. The topological polar surface area (TPSA) is 62.0 Å². The predicted octanol–water partition coefficient (Wildman–Crippen LogP) is 1.67. The lowest BCUT2D eigenvalue weighted by molar-refractivity contribution is 0.0906. The number of H-pyrrole nitrogens is 1. The normalized spacial score (nSPS) is 20.9. The third-order valence-corrected chi connectivity index (χ3v) is 3.75. The molecule has 1 heterocycles. The smallest absolute Gasteiger partial charge is 0.253 e. The van der Waals surface area contributed by atoms with Crippen molar-refractivity contribution in [3.63, 3.8) is 0 Å². The maximum atomic E-state index is 12.3. The number of amides is 1. The van der Waals surface area contributed by atoms with E-state index in [1.54, 1.807) is 24.4 Å². The largest absolute Gasteiger partial charge is 0.360 e. The average Bonchev–Trinajstić information content (AvgIpc) is 2.42. The summed E-state index contributed by atoms with van der Waals surface area (Å²) in [7, 11) is 0. The van der Waals surface area contributed by atoms with Gasteiger partial charge in [0.1, 0.15) is 0 Å². The van der Waals surface area contributed by atoms with Gasteiger partial charge in [0.2, 0.25) is 0 Å². The number of aromatic amines is 1. The van der Waals surface area contributed by atoms with Crippen molar-refractivity contribution in [1.29, 1.82) is 0 Å². The van der Waals surface area contributed by atoms with Crippen LogP contribution in [-0.2, 0) is 0 Å². The lowest BCUT2D eigenvalue weighted by Gasteiger charge is -2.32. The van der Waals surface area contributed by atoms with E-state index >= 15 is 0 Å². The number of terminal acetylenes is 1. The maximum absolute atomic E-state index is 12.3. The first-order valence-corrected chi connectivity index (χ1v) is 6.56. The molecule has 1 aliphatic rings. The van der Waals surface area contributed by atoms with Crippen LogP contribution in [0.4, 0.5) is 0 Å². The van der Waals surface area contributed by atoms with E-state index in [4.69, 9.17) is 6.42 Å². The molecule has 20 heavy (non-hydrogen) atoms. The summed E-state index contributed by atoms with van der Waals surface area (Å²) in [5, 5.41) is 3.48. The lowest BCUT2D eigenvalue weighted by Crippen LogP contribution is -2.44. The Morgan fingerprint density at radius 2 is 2.15 bits per heavy atom. The molecule has 1 saturated carbocycles. The molecule has 100 valence electrons. The molecule has 1 aromatic carbocycles. The summed E-state index contributed by atoms with van der Waals surface area (Å²) >= 11 is 0. The van der Waals surface area contributed by atoms with Crippen LogP contribution in [0.25, 0.3) is 10.9 Å². The minimum absolute atomic E-state index is 0.0931. The van der Waals surface area contributed by atoms with E-state index in [1.165, 1.54) is 6.07 Å². The first kappa shape index (κ1) is 12.5. The highest BCUT2D eigenvalue weighted by atomic mass is 16.1. The van der Waals surface area contributed by atoms with E-state index in [1.807, 2.05) is 0 Å². The Balaban J connectivity index is 1.87. The van der Waals surface area contributed by atoms with Crippen LogP contribution in [0.3, 0.4) is 0 Å². The summed E-state index contributed by atoms with van der Waals surface area (Å²) in [4.78, 5) is 27.0. The number of hydrogen-bond donors (Lipinski definition) is 2. The number of carbonyl (C=O) groups is 1. The zero-order valence-corrected chi connectivity index (χ0v) is 10.8. The van der Waals surface area contributed by atoms with Gasteiger partial charge in [-0.2, -0.15) is 0 Å². The molecule has 1 aromatic heterocycles. The molecule has 2 aromatic rings. The minimum Gasteiger partial charge on any atom is -0.360 e. The molecule has 0 atom stereocenters. The van der Waals surface area contributed by atoms with Crippen LogP contribution in [0.2, 0.25) is 0 Å². The van der Waals surface area contributed by atoms with Crippen LogP contribution < -0.4 is 10.7 Å². The second kappa shape index (κ2) is 4.86. The zero-order chi connectivity index (χ0) is 14.1. The highest BCUT2D eigenvalue weighted by Crippen LogP contribution is 2.26. The molecule has 4 nitrogen and oxygen atoms in total. The summed E-state index contributed by atoms with van der Waals surface area (Å²) in [6.07, 6.45) is 8.53. The number of carbonyl (C=O) groups excluding carboxylic acids is 1. The van der Waals surface area contributed by atoms with E-state index in [-0.39, 0.29) is 23.3 Å². The van der Waals surface area contributed by atoms with Gasteiger partial charge in [-0.3, -0.25) is 9.59 Å². The van der Waals surface area contributed by atoms with Gasteiger partial charge in [0, 0.05) is 29.6 Å². The van der Waals surface area contributed by atoms with E-state index < -0.39 is 0 Å². The van der Waals surface area contributed by atoms with E-state index in [2.05, 4.69) is 16.2 Å². The van der Waals surface area contributed by atoms with Gasteiger partial charge in [-0.05, 0) is 25.0 Å². The molecule has 0 radical (unpaired) electrons. The molecule has 1 amide bonds. The Labute approximate surface area is 116 Å². The molecule has 0 bridgehead atoms. The van der Waals surface area contributed by atoms with Crippen molar-refractivity contribution < 1.29 is 4.79 Å². The van der Waals surface area contributed by atoms with Gasteiger partial charge in [0.05, 0.1) is 11.1 Å². The highest BCUT2D eigenvalue weighted by Gasteiger charge is 2.29. The number of para-hydroxylation sites is 1. The van der Waals surface area contributed by atoms with Crippen LogP contribution in [0.1, 0.15) is 23.2 Å². The maximum Gasteiger partial charge on any atom is 0.253 e. The van der Waals surface area contributed by atoms with Crippen molar-refractivity contribution >= 4 is 16.8 Å². The number of nitrogens with one attached hydrogen (secondary N) is 2. The van der Waals surface area contributed by atoms with Gasteiger partial charge in [-0.15, -0.1) is 12.3 Å². The third-order valence-electron chi connectivity index (χ3n) is 3.75. The Bertz CT molecular complexity index is 764. The molecule has 0 aliphatic heterocycles. The minimum atomic E-state index is -0.169. The Morgan fingerprint density at radius 3 is 2.90 bits per heavy atom. The first-order valence-electron chi connectivity index (χ1n) is 6.56. The number of rotatable bonds is 2. The number of benzene rings is 1. The van der Waals surface area contributed by atoms with E-state index in [0.29, 0.717) is 16.5 Å². The van der Waals surface area contributed by atoms with Crippen molar-refractivity contribution in [3.05, 3.63) is 46.2 Å². The van der Waals surface area contributed by atoms with Crippen LogP contribution in [0.15, 0.2) is 35.3 Å². The summed E-state index contributed by atoms with van der Waals surface area (Å²) in [5.74, 6) is 2.79. The van der Waals surface area contributed by atoms with Crippen LogP contribution >= 0.6 is 0 Å². The second-order valence-corrected chi connectivity index (χ2v) is 5.08. The van der Waals surface area contributed by atoms with Crippen LogP contribution in [0.5, 0.6) is 0 Å². The van der Waals surface area contributed by atoms with Crippen molar-refractivity contribution in [2.75, 3.05) is 0 Å². The fourth-order valence-electron chi connectivity index (χ4n) is 2.53. The zero-order valence-electron chi connectivity index (χ0n) is 10.8. The summed E-state index contributed by atoms with van der Waals surface area (Å²) < 4.78 is 0. The number of pyridine rings is 1. The fourth-order valence-corrected chi connectivity index (χ4v) is 2.53. The van der Waals surface area contributed by atoms with Gasteiger partial charge in [0.25, 0.3) is 5.91 Å². The lowest BCUT2D eigenvalue weighted by atomic mass is 9.81. The molecule has 0 saturated heterocycles. The molecule has 0 unspecified atom stereocenters. The SMILES string of the molecule is C#CC1CC(NC(=O)c2cccc3c(=O)cc[nH]c23)C1. The van der Waals surface area contributed by atoms with Gasteiger partial charge in [-0.25, -0.2) is 0 Å². The monoisotopic (exact) mass is 266 g/mol. The van der Waals surface area contributed by atoms with Gasteiger partial charge in [0.15, 0.2) is 5.43 Å². The van der Waals surface area contributed by atoms with Crippen molar-refractivity contribution in [2.24, 2.45) is 5.92 Å². The molecule has 3 rings (SSSR count). The first-order chi connectivity index (χ1) is 9.69. The second-order valence-electron chi connectivity index (χ2n) is 5.08. The Morgan fingerprint density at radius 1 is 1.35 bits per heavy atom. The van der Waals surface area contributed by atoms with Crippen molar-refractivity contribution in [1.82, 2.24) is 10.3 Å². The standard InChI is InChI=1S/C16H14N2O2/c1-2-10-8-11(9-10)18-16(20)13-5-3-4-12-14(19)6-7-17-15(12)13/h1,3-7,10-11H,8-9H2,(H,17,19)(H,18,20). The fraction of sp³-hybridized carbons (Fsp3) is 0.250. The molecule has 4 heteroatoms. The van der Waals surface area contributed by atoms with E-state index in [0.717, 1.165) is 12.8 Å². The predicted molar refractivity (Wildman–Crippen MR) is 77.4 cm³/mol. The average molecular weight is 266 g/mol. The number of hydrogen-bond acceptors (Lipinski definition) is 2. The van der Waals surface area contributed by atoms with Crippen LogP contribution in [-0.4, -0.2) is 16.9 Å². The third kappa shape index (κ3) is 2.08. The summed E-state index contributed by atoms with van der Waals surface area (Å²) in [6.45, 7) is 0. The van der Waals surface area contributed by atoms with Crippen LogP contribution in [0, 0.1) is 18.3 Å². The number of fused-ring (bicyclic) bond motifs is 1. The molecule has 2 N–H and O–H groups in total. The molecule has 0 spiro atoms. The molecule has 1 aliphatic carbocycles. The molecule has 1 fully saturated rings. The highest BCUT2D eigenvalue weighted by molar-refractivity contribution is 6.05. The van der Waals surface area contributed by atoms with Gasteiger partial charge < -0.3 is 10.3 Å².